The second kappa shape index (κ2) is 9.57. The molecule has 0 saturated carbocycles. The molecule has 2 aromatic carbocycles. The zero-order valence-electron chi connectivity index (χ0n) is 17.9. The minimum atomic E-state index is -1.02. The van der Waals surface area contributed by atoms with Crippen LogP contribution in [0.2, 0.25) is 0 Å². The number of furan rings is 1. The molecule has 1 heterocycles. The van der Waals surface area contributed by atoms with Crippen LogP contribution >= 0.6 is 0 Å². The van der Waals surface area contributed by atoms with Crippen molar-refractivity contribution in [2.45, 2.75) is 33.5 Å². The normalized spacial score (nSPS) is 12.0. The molecule has 31 heavy (non-hydrogen) atoms. The van der Waals surface area contributed by atoms with Gasteiger partial charge in [-0.1, -0.05) is 32.0 Å². The summed E-state index contributed by atoms with van der Waals surface area (Å²) in [5.74, 6) is -1.33. The fourth-order valence-electron chi connectivity index (χ4n) is 3.06. The van der Waals surface area contributed by atoms with Crippen molar-refractivity contribution in [1.82, 2.24) is 0 Å². The summed E-state index contributed by atoms with van der Waals surface area (Å²) in [7, 11) is 1.52. The summed E-state index contributed by atoms with van der Waals surface area (Å²) < 4.78 is 16.2. The Kier molecular flexibility index (Phi) is 6.87. The molecule has 0 radical (unpaired) electrons. The van der Waals surface area contributed by atoms with Crippen molar-refractivity contribution in [1.29, 1.82) is 0 Å². The summed E-state index contributed by atoms with van der Waals surface area (Å²) in [5, 5.41) is 3.52. The molecule has 0 aliphatic carbocycles. The van der Waals surface area contributed by atoms with Gasteiger partial charge in [-0.3, -0.25) is 9.59 Å². The molecule has 3 rings (SSSR count). The van der Waals surface area contributed by atoms with Crippen LogP contribution in [0.1, 0.15) is 47.2 Å². The number of anilines is 1. The fourth-order valence-corrected chi connectivity index (χ4v) is 3.06. The number of Topliss-reactive ketones (excluding diaryl/α,β-unsaturated/α-hetero) is 1. The number of hydrogen-bond acceptors (Lipinski definition) is 6. The van der Waals surface area contributed by atoms with Gasteiger partial charge in [-0.25, -0.2) is 4.79 Å². The van der Waals surface area contributed by atoms with Crippen LogP contribution < -0.4 is 5.32 Å². The van der Waals surface area contributed by atoms with Gasteiger partial charge in [0.15, 0.2) is 6.10 Å². The number of carbonyl (C=O) groups excluding carboxylic acids is 3. The summed E-state index contributed by atoms with van der Waals surface area (Å²) in [6.45, 7) is 5.27. The van der Waals surface area contributed by atoms with Crippen LogP contribution in [0.3, 0.4) is 0 Å². The van der Waals surface area contributed by atoms with Crippen molar-refractivity contribution >= 4 is 34.3 Å². The van der Waals surface area contributed by atoms with Gasteiger partial charge in [0.2, 0.25) is 17.5 Å². The van der Waals surface area contributed by atoms with E-state index in [4.69, 9.17) is 13.9 Å². The summed E-state index contributed by atoms with van der Waals surface area (Å²) in [6.07, 6.45) is -1.02. The lowest BCUT2D eigenvalue weighted by atomic mass is 10.1. The Morgan fingerprint density at radius 1 is 1.00 bits per heavy atom. The van der Waals surface area contributed by atoms with E-state index in [0.717, 1.165) is 5.39 Å². The quantitative estimate of drug-likeness (QED) is 0.420. The predicted molar refractivity (Wildman–Crippen MR) is 116 cm³/mol. The number of nitrogens with one attached hydrogen (secondary N) is 1. The zero-order chi connectivity index (χ0) is 22.5. The number of fused-ring (bicyclic) bond motifs is 1. The first kappa shape index (κ1) is 22.2. The van der Waals surface area contributed by atoms with Crippen LogP contribution in [0, 0.1) is 5.92 Å². The summed E-state index contributed by atoms with van der Waals surface area (Å²) >= 11 is 0. The molecule has 0 spiro atoms. The zero-order valence-corrected chi connectivity index (χ0v) is 17.9. The first-order valence-corrected chi connectivity index (χ1v) is 9.97. The van der Waals surface area contributed by atoms with Crippen LogP contribution in [-0.4, -0.2) is 30.9 Å². The van der Waals surface area contributed by atoms with E-state index in [0.29, 0.717) is 22.4 Å². The van der Waals surface area contributed by atoms with Gasteiger partial charge in [0, 0.05) is 35.2 Å². The SMILES string of the molecule is COCc1c(C(=O)OC(C)C(=O)c2ccc(NC(=O)C(C)C)cc2)oc2ccccc12. The molecule has 0 bridgehead atoms. The van der Waals surface area contributed by atoms with Crippen molar-refractivity contribution in [3.63, 3.8) is 0 Å². The minimum absolute atomic E-state index is 0.0226. The molecule has 1 unspecified atom stereocenters. The number of benzene rings is 2. The van der Waals surface area contributed by atoms with Crippen LogP contribution in [0.15, 0.2) is 52.9 Å². The van der Waals surface area contributed by atoms with Crippen LogP contribution in [-0.2, 0) is 20.9 Å². The minimum Gasteiger partial charge on any atom is -0.449 e. The Morgan fingerprint density at radius 2 is 1.68 bits per heavy atom. The summed E-state index contributed by atoms with van der Waals surface area (Å²) in [5.41, 5.74) is 2.07. The number of carbonyl (C=O) groups is 3. The van der Waals surface area contributed by atoms with Crippen molar-refractivity contribution in [3.8, 4) is 0 Å². The molecule has 0 fully saturated rings. The first-order valence-electron chi connectivity index (χ1n) is 9.97. The van der Waals surface area contributed by atoms with E-state index in [9.17, 15) is 14.4 Å². The first-order chi connectivity index (χ1) is 14.8. The van der Waals surface area contributed by atoms with Gasteiger partial charge in [0.25, 0.3) is 0 Å². The highest BCUT2D eigenvalue weighted by molar-refractivity contribution is 6.02. The van der Waals surface area contributed by atoms with Crippen molar-refractivity contribution in [3.05, 3.63) is 65.4 Å². The second-order valence-electron chi connectivity index (χ2n) is 7.47. The van der Waals surface area contributed by atoms with Gasteiger partial charge in [-0.15, -0.1) is 0 Å². The van der Waals surface area contributed by atoms with Gasteiger partial charge in [-0.2, -0.15) is 0 Å². The van der Waals surface area contributed by atoms with E-state index >= 15 is 0 Å². The lowest BCUT2D eigenvalue weighted by molar-refractivity contribution is -0.118. The Balaban J connectivity index is 1.72. The lowest BCUT2D eigenvalue weighted by Gasteiger charge is -2.13. The van der Waals surface area contributed by atoms with E-state index in [1.54, 1.807) is 50.2 Å². The highest BCUT2D eigenvalue weighted by atomic mass is 16.6. The van der Waals surface area contributed by atoms with E-state index in [-0.39, 0.29) is 30.0 Å². The standard InChI is InChI=1S/C24H25NO6/c1-14(2)23(27)25-17-11-9-16(10-12-17)21(26)15(3)30-24(28)22-19(13-29-4)18-7-5-6-8-20(18)31-22/h5-12,14-15H,13H2,1-4H3,(H,25,27). The van der Waals surface area contributed by atoms with E-state index < -0.39 is 12.1 Å². The van der Waals surface area contributed by atoms with E-state index in [1.165, 1.54) is 14.0 Å². The molecule has 1 atom stereocenters. The number of ketones is 1. The molecular formula is C24H25NO6. The molecule has 3 aromatic rings. The second-order valence-corrected chi connectivity index (χ2v) is 7.47. The van der Waals surface area contributed by atoms with Crippen LogP contribution in [0.5, 0.6) is 0 Å². The third-order valence-electron chi connectivity index (χ3n) is 4.79. The largest absolute Gasteiger partial charge is 0.449 e. The lowest BCUT2D eigenvalue weighted by Crippen LogP contribution is -2.25. The molecule has 0 saturated heterocycles. The number of esters is 1. The number of ether oxygens (including phenoxy) is 2. The highest BCUT2D eigenvalue weighted by Crippen LogP contribution is 2.27. The summed E-state index contributed by atoms with van der Waals surface area (Å²) in [6, 6.07) is 13.7. The number of amides is 1. The average Bonchev–Trinajstić information content (AvgIpc) is 3.12. The summed E-state index contributed by atoms with van der Waals surface area (Å²) in [4.78, 5) is 37.2. The molecule has 0 aliphatic rings. The maximum Gasteiger partial charge on any atom is 0.375 e. The maximum absolute atomic E-state index is 12.7. The van der Waals surface area contributed by atoms with E-state index in [2.05, 4.69) is 5.32 Å². The third kappa shape index (κ3) is 5.00. The van der Waals surface area contributed by atoms with Crippen LogP contribution in [0.4, 0.5) is 5.69 Å². The topological polar surface area (TPSA) is 94.8 Å². The average molecular weight is 423 g/mol. The van der Waals surface area contributed by atoms with Crippen molar-refractivity contribution in [2.75, 3.05) is 12.4 Å². The Bertz CT molecular complexity index is 1100. The maximum atomic E-state index is 12.7. The molecule has 7 heteroatoms. The number of para-hydroxylation sites is 1. The van der Waals surface area contributed by atoms with Gasteiger partial charge < -0.3 is 19.2 Å². The van der Waals surface area contributed by atoms with Crippen LogP contribution in [0.25, 0.3) is 11.0 Å². The van der Waals surface area contributed by atoms with Gasteiger partial charge in [0.05, 0.1) is 6.61 Å². The van der Waals surface area contributed by atoms with E-state index in [1.807, 2.05) is 12.1 Å². The predicted octanol–water partition coefficient (Wildman–Crippen LogP) is 4.60. The molecule has 162 valence electrons. The highest BCUT2D eigenvalue weighted by Gasteiger charge is 2.26. The smallest absolute Gasteiger partial charge is 0.375 e. The van der Waals surface area contributed by atoms with Gasteiger partial charge in [0.1, 0.15) is 5.58 Å². The van der Waals surface area contributed by atoms with Gasteiger partial charge in [-0.05, 0) is 37.3 Å². The molecule has 1 N–H and O–H groups in total. The molecule has 0 aliphatic heterocycles. The number of methoxy groups -OCH3 is 1. The molecule has 7 nitrogen and oxygen atoms in total. The van der Waals surface area contributed by atoms with Gasteiger partial charge >= 0.3 is 5.97 Å². The third-order valence-corrected chi connectivity index (χ3v) is 4.79. The van der Waals surface area contributed by atoms with Crippen molar-refractivity contribution in [2.24, 2.45) is 5.92 Å². The monoisotopic (exact) mass is 423 g/mol. The Hall–Kier alpha value is -3.45. The number of hydrogen-bond donors (Lipinski definition) is 1. The molecule has 1 amide bonds. The number of rotatable bonds is 8. The Morgan fingerprint density at radius 3 is 2.32 bits per heavy atom. The molecular weight excluding hydrogens is 398 g/mol. The Labute approximate surface area is 180 Å². The fraction of sp³-hybridized carbons (Fsp3) is 0.292. The molecule has 1 aromatic heterocycles. The van der Waals surface area contributed by atoms with Crippen molar-refractivity contribution < 1.29 is 28.3 Å².